The molecule has 1 unspecified atom stereocenters. The summed E-state index contributed by atoms with van der Waals surface area (Å²) in [6.45, 7) is 11.0. The number of nitrogens with zero attached hydrogens (tertiary/aromatic N) is 2. The molecule has 1 amide bonds. The lowest BCUT2D eigenvalue weighted by atomic mass is 10.0. The summed E-state index contributed by atoms with van der Waals surface area (Å²) in [6, 6.07) is 8.40. The van der Waals surface area contributed by atoms with Gasteiger partial charge in [0.25, 0.3) is 0 Å². The van der Waals surface area contributed by atoms with Crippen molar-refractivity contribution in [1.82, 2.24) is 15.5 Å². The zero-order valence-corrected chi connectivity index (χ0v) is 17.3. The lowest BCUT2D eigenvalue weighted by molar-refractivity contribution is -0.133. The number of amides is 1. The summed E-state index contributed by atoms with van der Waals surface area (Å²) in [7, 11) is 1.76. The maximum Gasteiger partial charge on any atom is 0.225 e. The van der Waals surface area contributed by atoms with E-state index in [1.54, 1.807) is 7.05 Å². The highest BCUT2D eigenvalue weighted by atomic mass is 16.5. The van der Waals surface area contributed by atoms with E-state index < -0.39 is 0 Å². The van der Waals surface area contributed by atoms with Crippen molar-refractivity contribution in [3.63, 3.8) is 0 Å². The van der Waals surface area contributed by atoms with Gasteiger partial charge in [0.05, 0.1) is 6.54 Å². The summed E-state index contributed by atoms with van der Waals surface area (Å²) in [5.41, 5.74) is 1.22. The Labute approximate surface area is 163 Å². The van der Waals surface area contributed by atoms with Gasteiger partial charge < -0.3 is 20.3 Å². The molecule has 0 aromatic heterocycles. The number of carbonyl (C=O) groups excluding carboxylic acids is 1. The minimum atomic E-state index is 0.0482. The molecule has 6 nitrogen and oxygen atoms in total. The molecule has 1 atom stereocenters. The van der Waals surface area contributed by atoms with Crippen LogP contribution >= 0.6 is 0 Å². The number of para-hydroxylation sites is 1. The van der Waals surface area contributed by atoms with Crippen LogP contribution in [0.15, 0.2) is 29.3 Å². The number of hydrogen-bond donors (Lipinski definition) is 2. The molecule has 0 spiro atoms. The Kier molecular flexibility index (Phi) is 7.95. The summed E-state index contributed by atoms with van der Waals surface area (Å²) < 4.78 is 5.94. The van der Waals surface area contributed by atoms with Crippen molar-refractivity contribution in [1.29, 1.82) is 0 Å². The number of likely N-dealkylation sites (tertiary alicyclic amines) is 1. The Bertz CT molecular complexity index is 643. The highest BCUT2D eigenvalue weighted by Gasteiger charge is 2.27. The van der Waals surface area contributed by atoms with Gasteiger partial charge in [-0.1, -0.05) is 45.9 Å². The second kappa shape index (κ2) is 10.2. The number of rotatable bonds is 7. The first-order valence-electron chi connectivity index (χ1n) is 9.90. The maximum atomic E-state index is 12.1. The minimum Gasteiger partial charge on any atom is -0.491 e. The molecule has 150 valence electrons. The zero-order chi connectivity index (χ0) is 19.8. The molecular weight excluding hydrogens is 340 g/mol. The standard InChI is InChI=1S/C21H34N4O2/c1-15(2)18-8-6-7-9-19(18)27-13-11-23-21(22-5)24-17-10-12-25(14-17)20(26)16(3)4/h6-9,15-17H,10-14H2,1-5H3,(H2,22,23,24). The van der Waals surface area contributed by atoms with Gasteiger partial charge in [0.1, 0.15) is 12.4 Å². The molecule has 1 aliphatic heterocycles. The normalized spacial score (nSPS) is 17.5. The Morgan fingerprint density at radius 3 is 2.70 bits per heavy atom. The van der Waals surface area contributed by atoms with Crippen molar-refractivity contribution < 1.29 is 9.53 Å². The van der Waals surface area contributed by atoms with E-state index in [1.807, 2.05) is 36.9 Å². The first kappa shape index (κ1) is 21.1. The summed E-state index contributed by atoms with van der Waals surface area (Å²) in [6.07, 6.45) is 0.942. The molecule has 1 saturated heterocycles. The number of guanidine groups is 1. The number of nitrogens with one attached hydrogen (secondary N) is 2. The lowest BCUT2D eigenvalue weighted by Crippen LogP contribution is -2.46. The second-order valence-electron chi connectivity index (χ2n) is 7.61. The molecule has 0 radical (unpaired) electrons. The highest BCUT2D eigenvalue weighted by molar-refractivity contribution is 5.81. The molecule has 1 heterocycles. The van der Waals surface area contributed by atoms with Crippen molar-refractivity contribution in [3.05, 3.63) is 29.8 Å². The van der Waals surface area contributed by atoms with Crippen LogP contribution in [0.4, 0.5) is 0 Å². The summed E-state index contributed by atoms with van der Waals surface area (Å²) in [5, 5.41) is 6.70. The van der Waals surface area contributed by atoms with Gasteiger partial charge >= 0.3 is 0 Å². The summed E-state index contributed by atoms with van der Waals surface area (Å²) in [4.78, 5) is 18.3. The predicted octanol–water partition coefficient (Wildman–Crippen LogP) is 2.61. The quantitative estimate of drug-likeness (QED) is 0.437. The molecule has 0 bridgehead atoms. The van der Waals surface area contributed by atoms with E-state index in [0.717, 1.165) is 31.2 Å². The van der Waals surface area contributed by atoms with Gasteiger partial charge in [0.2, 0.25) is 5.91 Å². The molecule has 0 aliphatic carbocycles. The van der Waals surface area contributed by atoms with Gasteiger partial charge in [0, 0.05) is 32.1 Å². The van der Waals surface area contributed by atoms with Gasteiger partial charge in [-0.15, -0.1) is 0 Å². The second-order valence-corrected chi connectivity index (χ2v) is 7.61. The number of carbonyl (C=O) groups is 1. The largest absolute Gasteiger partial charge is 0.491 e. The predicted molar refractivity (Wildman–Crippen MR) is 110 cm³/mol. The van der Waals surface area contributed by atoms with Crippen molar-refractivity contribution in [2.75, 3.05) is 33.3 Å². The molecule has 27 heavy (non-hydrogen) atoms. The van der Waals surface area contributed by atoms with Crippen LogP contribution in [-0.2, 0) is 4.79 Å². The third kappa shape index (κ3) is 6.15. The third-order valence-corrected chi connectivity index (χ3v) is 4.75. The minimum absolute atomic E-state index is 0.0482. The first-order valence-corrected chi connectivity index (χ1v) is 9.90. The molecule has 1 fully saturated rings. The Hall–Kier alpha value is -2.24. The van der Waals surface area contributed by atoms with Crippen molar-refractivity contribution in [2.45, 2.75) is 46.1 Å². The van der Waals surface area contributed by atoms with Crippen LogP contribution in [0.1, 0.15) is 45.6 Å². The molecule has 6 heteroatoms. The van der Waals surface area contributed by atoms with E-state index in [9.17, 15) is 4.79 Å². The molecule has 1 aromatic carbocycles. The summed E-state index contributed by atoms with van der Waals surface area (Å²) in [5.74, 6) is 2.39. The smallest absolute Gasteiger partial charge is 0.225 e. The number of ether oxygens (including phenoxy) is 1. The number of hydrogen-bond acceptors (Lipinski definition) is 3. The van der Waals surface area contributed by atoms with E-state index in [0.29, 0.717) is 19.1 Å². The number of aliphatic imine (C=N–C) groups is 1. The van der Waals surface area contributed by atoms with Crippen LogP contribution in [0.3, 0.4) is 0 Å². The maximum absolute atomic E-state index is 12.1. The van der Waals surface area contributed by atoms with Crippen molar-refractivity contribution >= 4 is 11.9 Å². The number of benzene rings is 1. The van der Waals surface area contributed by atoms with Crippen LogP contribution < -0.4 is 15.4 Å². The van der Waals surface area contributed by atoms with Crippen molar-refractivity contribution in [3.8, 4) is 5.75 Å². The van der Waals surface area contributed by atoms with E-state index in [-0.39, 0.29) is 17.9 Å². The fourth-order valence-corrected chi connectivity index (χ4v) is 3.25. The van der Waals surface area contributed by atoms with Gasteiger partial charge in [-0.25, -0.2) is 0 Å². The van der Waals surface area contributed by atoms with Crippen molar-refractivity contribution in [2.24, 2.45) is 10.9 Å². The van der Waals surface area contributed by atoms with E-state index in [1.165, 1.54) is 5.56 Å². The van der Waals surface area contributed by atoms with Crippen LogP contribution in [-0.4, -0.2) is 56.1 Å². The lowest BCUT2D eigenvalue weighted by Gasteiger charge is -2.20. The molecule has 2 N–H and O–H groups in total. The third-order valence-electron chi connectivity index (χ3n) is 4.75. The van der Waals surface area contributed by atoms with E-state index >= 15 is 0 Å². The summed E-state index contributed by atoms with van der Waals surface area (Å²) >= 11 is 0. The average Bonchev–Trinajstić information content (AvgIpc) is 3.12. The molecule has 1 aliphatic rings. The highest BCUT2D eigenvalue weighted by Crippen LogP contribution is 2.25. The van der Waals surface area contributed by atoms with Gasteiger partial charge in [-0.2, -0.15) is 0 Å². The monoisotopic (exact) mass is 374 g/mol. The molecular formula is C21H34N4O2. The molecule has 1 aromatic rings. The Balaban J connectivity index is 1.75. The van der Waals surface area contributed by atoms with Crippen LogP contribution in [0, 0.1) is 5.92 Å². The fraction of sp³-hybridized carbons (Fsp3) is 0.619. The fourth-order valence-electron chi connectivity index (χ4n) is 3.25. The van der Waals surface area contributed by atoms with Gasteiger partial charge in [0.15, 0.2) is 5.96 Å². The zero-order valence-electron chi connectivity index (χ0n) is 17.3. The average molecular weight is 375 g/mol. The van der Waals surface area contributed by atoms with Crippen LogP contribution in [0.25, 0.3) is 0 Å². The van der Waals surface area contributed by atoms with Crippen LogP contribution in [0.2, 0.25) is 0 Å². The Morgan fingerprint density at radius 2 is 2.04 bits per heavy atom. The SMILES string of the molecule is CN=C(NCCOc1ccccc1C(C)C)NC1CCN(C(=O)C(C)C)C1. The Morgan fingerprint density at radius 1 is 1.30 bits per heavy atom. The van der Waals surface area contributed by atoms with Gasteiger partial charge in [-0.05, 0) is 24.0 Å². The van der Waals surface area contributed by atoms with Crippen LogP contribution in [0.5, 0.6) is 5.75 Å². The first-order chi connectivity index (χ1) is 12.9. The van der Waals surface area contributed by atoms with Gasteiger partial charge in [-0.3, -0.25) is 9.79 Å². The van der Waals surface area contributed by atoms with E-state index in [2.05, 4.69) is 35.5 Å². The topological polar surface area (TPSA) is 66.0 Å². The van der Waals surface area contributed by atoms with E-state index in [4.69, 9.17) is 4.74 Å². The molecule has 2 rings (SSSR count). The molecule has 0 saturated carbocycles.